The molecule has 0 atom stereocenters. The summed E-state index contributed by atoms with van der Waals surface area (Å²) in [6.45, 7) is 2.17. The fraction of sp³-hybridized carbons (Fsp3) is 0.286. The van der Waals surface area contributed by atoms with Crippen LogP contribution in [0, 0.1) is 0 Å². The topological polar surface area (TPSA) is 94.8 Å². The van der Waals surface area contributed by atoms with Crippen LogP contribution in [0.15, 0.2) is 29.6 Å². The van der Waals surface area contributed by atoms with E-state index in [4.69, 9.17) is 4.74 Å². The summed E-state index contributed by atoms with van der Waals surface area (Å²) in [6.07, 6.45) is 4.68. The molecule has 0 spiro atoms. The van der Waals surface area contributed by atoms with Gasteiger partial charge in [-0.05, 0) is 13.0 Å². The monoisotopic (exact) mass is 301 g/mol. The lowest BCUT2D eigenvalue weighted by atomic mass is 10.2. The summed E-state index contributed by atoms with van der Waals surface area (Å²) in [4.78, 5) is 31.4. The molecule has 3 heterocycles. The van der Waals surface area contributed by atoms with E-state index in [1.165, 1.54) is 15.6 Å². The van der Waals surface area contributed by atoms with Gasteiger partial charge in [0.25, 0.3) is 5.56 Å². The Hall–Kier alpha value is -2.90. The van der Waals surface area contributed by atoms with Crippen LogP contribution in [0.25, 0.3) is 11.0 Å². The number of fused-ring (bicyclic) bond motifs is 1. The lowest BCUT2D eigenvalue weighted by molar-refractivity contribution is 0.0525. The van der Waals surface area contributed by atoms with E-state index in [2.05, 4.69) is 15.1 Å². The molecule has 0 radical (unpaired) electrons. The minimum atomic E-state index is -0.450. The molecular weight excluding hydrogens is 286 g/mol. The number of ether oxygens (including phenoxy) is 1. The van der Waals surface area contributed by atoms with Crippen molar-refractivity contribution in [3.8, 4) is 0 Å². The van der Waals surface area contributed by atoms with E-state index in [0.717, 1.165) is 0 Å². The molecule has 3 rings (SSSR count). The van der Waals surface area contributed by atoms with E-state index in [1.807, 2.05) is 0 Å². The zero-order chi connectivity index (χ0) is 15.7. The SMILES string of the molecule is CCOC(=O)c1cn(C)nc1Cn1cnc2[nH]ccc2c1=O. The molecule has 114 valence electrons. The normalized spacial score (nSPS) is 11.0. The first kappa shape index (κ1) is 14.1. The molecule has 1 N–H and O–H groups in total. The molecular formula is C14H15N5O3. The van der Waals surface area contributed by atoms with Crippen molar-refractivity contribution in [2.24, 2.45) is 7.05 Å². The Morgan fingerprint density at radius 2 is 2.27 bits per heavy atom. The Kier molecular flexibility index (Phi) is 3.50. The van der Waals surface area contributed by atoms with E-state index >= 15 is 0 Å². The Bertz CT molecular complexity index is 889. The van der Waals surface area contributed by atoms with E-state index in [1.54, 1.807) is 32.4 Å². The van der Waals surface area contributed by atoms with E-state index in [-0.39, 0.29) is 18.7 Å². The summed E-state index contributed by atoms with van der Waals surface area (Å²) in [5, 5.41) is 4.73. The largest absolute Gasteiger partial charge is 0.462 e. The molecule has 0 aliphatic carbocycles. The average molecular weight is 301 g/mol. The zero-order valence-electron chi connectivity index (χ0n) is 12.2. The summed E-state index contributed by atoms with van der Waals surface area (Å²) >= 11 is 0. The standard InChI is InChI=1S/C14H15N5O3/c1-3-22-14(21)10-6-18(2)17-11(10)7-19-8-16-12-9(13(19)20)4-5-15-12/h4-6,8,15H,3,7H2,1-2H3. The van der Waals surface area contributed by atoms with Crippen molar-refractivity contribution in [2.75, 3.05) is 6.61 Å². The van der Waals surface area contributed by atoms with Gasteiger partial charge in [0.2, 0.25) is 0 Å². The maximum atomic E-state index is 12.4. The molecule has 0 aromatic carbocycles. The Balaban J connectivity index is 2.00. The second kappa shape index (κ2) is 5.47. The van der Waals surface area contributed by atoms with E-state index in [0.29, 0.717) is 22.3 Å². The predicted molar refractivity (Wildman–Crippen MR) is 78.6 cm³/mol. The predicted octanol–water partition coefficient (Wildman–Crippen LogP) is 0.683. The first-order valence-corrected chi connectivity index (χ1v) is 6.82. The summed E-state index contributed by atoms with van der Waals surface area (Å²) in [6, 6.07) is 1.67. The molecule has 0 aliphatic heterocycles. The fourth-order valence-corrected chi connectivity index (χ4v) is 2.28. The van der Waals surface area contributed by atoms with E-state index in [9.17, 15) is 9.59 Å². The molecule has 0 amide bonds. The molecule has 3 aromatic rings. The van der Waals surface area contributed by atoms with Crippen molar-refractivity contribution in [3.05, 3.63) is 46.4 Å². The van der Waals surface area contributed by atoms with Crippen molar-refractivity contribution < 1.29 is 9.53 Å². The van der Waals surface area contributed by atoms with Gasteiger partial charge in [-0.3, -0.25) is 14.0 Å². The first-order chi connectivity index (χ1) is 10.6. The highest BCUT2D eigenvalue weighted by Crippen LogP contribution is 2.10. The van der Waals surface area contributed by atoms with Crippen LogP contribution in [-0.4, -0.2) is 36.9 Å². The average Bonchev–Trinajstić information content (AvgIpc) is 3.09. The van der Waals surface area contributed by atoms with Gasteiger partial charge < -0.3 is 9.72 Å². The number of aryl methyl sites for hydroxylation is 1. The van der Waals surface area contributed by atoms with Crippen LogP contribution in [0.3, 0.4) is 0 Å². The van der Waals surface area contributed by atoms with Gasteiger partial charge in [-0.25, -0.2) is 9.78 Å². The van der Waals surface area contributed by atoms with Crippen LogP contribution in [-0.2, 0) is 18.3 Å². The third kappa shape index (κ3) is 2.39. The minimum absolute atomic E-state index is 0.155. The highest BCUT2D eigenvalue weighted by molar-refractivity contribution is 5.90. The van der Waals surface area contributed by atoms with Crippen molar-refractivity contribution in [3.63, 3.8) is 0 Å². The van der Waals surface area contributed by atoms with Crippen LogP contribution in [0.4, 0.5) is 0 Å². The van der Waals surface area contributed by atoms with Gasteiger partial charge in [0, 0.05) is 19.4 Å². The number of aromatic amines is 1. The van der Waals surface area contributed by atoms with Gasteiger partial charge in [-0.1, -0.05) is 0 Å². The Morgan fingerprint density at radius 3 is 3.05 bits per heavy atom. The molecule has 0 fully saturated rings. The van der Waals surface area contributed by atoms with Gasteiger partial charge >= 0.3 is 5.97 Å². The van der Waals surface area contributed by atoms with Crippen molar-refractivity contribution in [1.82, 2.24) is 24.3 Å². The summed E-state index contributed by atoms with van der Waals surface area (Å²) < 4.78 is 7.95. The Morgan fingerprint density at radius 1 is 1.45 bits per heavy atom. The molecule has 3 aromatic heterocycles. The smallest absolute Gasteiger partial charge is 0.341 e. The number of rotatable bonds is 4. The third-order valence-electron chi connectivity index (χ3n) is 3.26. The molecule has 0 aliphatic rings. The van der Waals surface area contributed by atoms with Crippen LogP contribution in [0.1, 0.15) is 23.0 Å². The Labute approximate surface area is 125 Å². The molecule has 0 unspecified atom stereocenters. The number of nitrogens with one attached hydrogen (secondary N) is 1. The summed E-state index contributed by atoms with van der Waals surface area (Å²) in [5.41, 5.74) is 1.17. The first-order valence-electron chi connectivity index (χ1n) is 6.82. The molecule has 0 bridgehead atoms. The second-order valence-electron chi connectivity index (χ2n) is 4.80. The number of hydrogen-bond acceptors (Lipinski definition) is 5. The number of nitrogens with zero attached hydrogens (tertiary/aromatic N) is 4. The lowest BCUT2D eigenvalue weighted by Crippen LogP contribution is -2.22. The number of carbonyl (C=O) groups excluding carboxylic acids is 1. The van der Waals surface area contributed by atoms with Crippen LogP contribution in [0.5, 0.6) is 0 Å². The second-order valence-corrected chi connectivity index (χ2v) is 4.80. The molecule has 8 heteroatoms. The fourth-order valence-electron chi connectivity index (χ4n) is 2.28. The van der Waals surface area contributed by atoms with Crippen LogP contribution in [0.2, 0.25) is 0 Å². The number of esters is 1. The molecule has 22 heavy (non-hydrogen) atoms. The number of hydrogen-bond donors (Lipinski definition) is 1. The van der Waals surface area contributed by atoms with Gasteiger partial charge in [0.15, 0.2) is 0 Å². The number of H-pyrrole nitrogens is 1. The van der Waals surface area contributed by atoms with Gasteiger partial charge in [-0.2, -0.15) is 5.10 Å². The van der Waals surface area contributed by atoms with Gasteiger partial charge in [-0.15, -0.1) is 0 Å². The summed E-state index contributed by atoms with van der Waals surface area (Å²) in [5.74, 6) is -0.450. The maximum Gasteiger partial charge on any atom is 0.341 e. The van der Waals surface area contributed by atoms with Crippen molar-refractivity contribution >= 4 is 17.0 Å². The molecule has 8 nitrogen and oxygen atoms in total. The van der Waals surface area contributed by atoms with Gasteiger partial charge in [0.05, 0.1) is 24.2 Å². The lowest BCUT2D eigenvalue weighted by Gasteiger charge is -2.05. The van der Waals surface area contributed by atoms with Crippen molar-refractivity contribution in [2.45, 2.75) is 13.5 Å². The zero-order valence-corrected chi connectivity index (χ0v) is 12.2. The van der Waals surface area contributed by atoms with Crippen LogP contribution >= 0.6 is 0 Å². The van der Waals surface area contributed by atoms with Crippen molar-refractivity contribution in [1.29, 1.82) is 0 Å². The minimum Gasteiger partial charge on any atom is -0.462 e. The maximum absolute atomic E-state index is 12.4. The third-order valence-corrected chi connectivity index (χ3v) is 3.26. The molecule has 0 saturated carbocycles. The van der Waals surface area contributed by atoms with Crippen LogP contribution < -0.4 is 5.56 Å². The molecule has 0 saturated heterocycles. The van der Waals surface area contributed by atoms with E-state index < -0.39 is 5.97 Å². The highest BCUT2D eigenvalue weighted by atomic mass is 16.5. The number of aromatic nitrogens is 5. The highest BCUT2D eigenvalue weighted by Gasteiger charge is 2.18. The summed E-state index contributed by atoms with van der Waals surface area (Å²) in [7, 11) is 1.71. The number of carbonyl (C=O) groups is 1. The van der Waals surface area contributed by atoms with Gasteiger partial charge in [0.1, 0.15) is 17.5 Å². The quantitative estimate of drug-likeness (QED) is 0.715.